The van der Waals surface area contributed by atoms with Crippen molar-refractivity contribution in [3.05, 3.63) is 68.9 Å². The summed E-state index contributed by atoms with van der Waals surface area (Å²) in [6.45, 7) is 0.279. The van der Waals surface area contributed by atoms with Crippen LogP contribution in [0.2, 0.25) is 10.0 Å². The van der Waals surface area contributed by atoms with E-state index >= 15 is 0 Å². The molecule has 2 atom stereocenters. The number of aromatic nitrogens is 1. The molecule has 2 unspecified atom stereocenters. The molecule has 0 radical (unpaired) electrons. The summed E-state index contributed by atoms with van der Waals surface area (Å²) in [7, 11) is 0. The largest absolute Gasteiger partial charge is 0.477 e. The predicted octanol–water partition coefficient (Wildman–Crippen LogP) is 7.07. The monoisotopic (exact) mass is 576 g/mol. The number of aromatic carboxylic acids is 1. The second kappa shape index (κ2) is 10.2. The third kappa shape index (κ3) is 4.92. The molecular formula is C28H24Cl2F2N2O5. The van der Waals surface area contributed by atoms with Crippen molar-refractivity contribution in [1.29, 1.82) is 0 Å². The van der Waals surface area contributed by atoms with E-state index in [0.717, 1.165) is 42.7 Å². The molecule has 4 saturated carbocycles. The van der Waals surface area contributed by atoms with E-state index in [9.17, 15) is 18.4 Å². The van der Waals surface area contributed by atoms with Crippen LogP contribution in [0, 0.1) is 29.4 Å². The lowest BCUT2D eigenvalue weighted by molar-refractivity contribution is -0.142. The second-order valence-corrected chi connectivity index (χ2v) is 11.4. The van der Waals surface area contributed by atoms with Crippen LogP contribution in [0.1, 0.15) is 59.7 Å². The Balaban J connectivity index is 1.12. The number of hydrogen-bond acceptors (Lipinski definition) is 5. The van der Waals surface area contributed by atoms with E-state index in [0.29, 0.717) is 40.1 Å². The molecule has 1 amide bonds. The number of hydrogen-bond donors (Lipinski definition) is 2. The Morgan fingerprint density at radius 3 is 2.31 bits per heavy atom. The Morgan fingerprint density at radius 1 is 1.08 bits per heavy atom. The molecular weight excluding hydrogens is 553 g/mol. The van der Waals surface area contributed by atoms with Gasteiger partial charge >= 0.3 is 5.97 Å². The molecule has 11 heteroatoms. The normalized spacial score (nSPS) is 23.8. The number of carboxylic acid groups (broad SMARTS) is 1. The fourth-order valence-corrected chi connectivity index (χ4v) is 6.59. The molecule has 4 aliphatic rings. The van der Waals surface area contributed by atoms with Crippen LogP contribution in [0.15, 0.2) is 34.9 Å². The number of halogens is 4. The molecule has 4 fully saturated rings. The molecule has 0 spiro atoms. The fourth-order valence-electron chi connectivity index (χ4n) is 6.02. The number of anilines is 1. The molecule has 2 bridgehead atoms. The van der Waals surface area contributed by atoms with Crippen molar-refractivity contribution in [3.8, 4) is 11.3 Å². The Labute approximate surface area is 232 Å². The van der Waals surface area contributed by atoms with Crippen LogP contribution in [0.5, 0.6) is 0 Å². The number of amides is 1. The van der Waals surface area contributed by atoms with Crippen molar-refractivity contribution in [2.45, 2.75) is 50.7 Å². The highest BCUT2D eigenvalue weighted by molar-refractivity contribution is 6.39. The summed E-state index contributed by atoms with van der Waals surface area (Å²) in [4.78, 5) is 23.9. The third-order valence-electron chi connectivity index (χ3n) is 8.01. The summed E-state index contributed by atoms with van der Waals surface area (Å²) < 4.78 is 40.1. The molecule has 1 heterocycles. The van der Waals surface area contributed by atoms with Gasteiger partial charge in [-0.3, -0.25) is 4.79 Å². The van der Waals surface area contributed by atoms with Crippen LogP contribution >= 0.6 is 23.2 Å². The van der Waals surface area contributed by atoms with E-state index in [1.807, 2.05) is 0 Å². The van der Waals surface area contributed by atoms with Gasteiger partial charge in [-0.1, -0.05) is 34.4 Å². The van der Waals surface area contributed by atoms with Gasteiger partial charge in [-0.25, -0.2) is 13.6 Å². The van der Waals surface area contributed by atoms with Gasteiger partial charge in [0.1, 0.15) is 28.7 Å². The number of carbonyl (C=O) groups excluding carboxylic acids is 1. The molecule has 7 rings (SSSR count). The minimum Gasteiger partial charge on any atom is -0.477 e. The van der Waals surface area contributed by atoms with Crippen molar-refractivity contribution < 1.29 is 32.7 Å². The Hall–Kier alpha value is -3.01. The fraction of sp³-hybridized carbons (Fsp3) is 0.393. The molecule has 0 aliphatic heterocycles. The van der Waals surface area contributed by atoms with Crippen molar-refractivity contribution in [1.82, 2.24) is 5.16 Å². The van der Waals surface area contributed by atoms with Crippen molar-refractivity contribution in [2.24, 2.45) is 17.8 Å². The van der Waals surface area contributed by atoms with E-state index < -0.39 is 23.2 Å². The summed E-state index contributed by atoms with van der Waals surface area (Å²) in [5, 5.41) is 16.7. The van der Waals surface area contributed by atoms with Crippen LogP contribution < -0.4 is 5.32 Å². The first kappa shape index (κ1) is 26.2. The van der Waals surface area contributed by atoms with Crippen LogP contribution in [-0.4, -0.2) is 28.2 Å². The molecule has 39 heavy (non-hydrogen) atoms. The molecule has 3 aromatic rings. The maximum Gasteiger partial charge on any atom is 0.341 e. The van der Waals surface area contributed by atoms with Crippen LogP contribution in [0.25, 0.3) is 11.3 Å². The maximum absolute atomic E-state index is 14.0. The average molecular weight is 577 g/mol. The van der Waals surface area contributed by atoms with Gasteiger partial charge in [0.15, 0.2) is 0 Å². The lowest BCUT2D eigenvalue weighted by atomic mass is 9.56. The summed E-state index contributed by atoms with van der Waals surface area (Å²) in [6, 6.07) is 6.92. The van der Waals surface area contributed by atoms with Crippen LogP contribution in [0.4, 0.5) is 14.5 Å². The van der Waals surface area contributed by atoms with Crippen LogP contribution in [0.3, 0.4) is 0 Å². The first-order valence-corrected chi connectivity index (χ1v) is 13.5. The topological polar surface area (TPSA) is 102 Å². The molecule has 7 nitrogen and oxygen atoms in total. The number of nitrogens with zero attached hydrogens (tertiary/aromatic N) is 1. The summed E-state index contributed by atoms with van der Waals surface area (Å²) in [5.41, 5.74) is 0.881. The Kier molecular flexibility index (Phi) is 6.85. The first-order chi connectivity index (χ1) is 18.7. The average Bonchev–Trinajstić information content (AvgIpc) is 3.62. The van der Waals surface area contributed by atoms with Gasteiger partial charge in [0.2, 0.25) is 5.91 Å². The van der Waals surface area contributed by atoms with Crippen molar-refractivity contribution in [2.75, 3.05) is 5.32 Å². The van der Waals surface area contributed by atoms with E-state index in [-0.39, 0.29) is 42.1 Å². The molecule has 2 aromatic carbocycles. The highest BCUT2D eigenvalue weighted by Gasteiger charge is 2.51. The van der Waals surface area contributed by atoms with Gasteiger partial charge in [0, 0.05) is 28.7 Å². The summed E-state index contributed by atoms with van der Waals surface area (Å²) >= 11 is 12.9. The Morgan fingerprint density at radius 2 is 1.72 bits per heavy atom. The standard InChI is InChI=1S/C28H24Cl2F2N2O5/c29-18-2-1-3-19(30)23(18)25-17(26(39-34-25)12-4-5-12)11-38-16-7-13-6-14(8-16)22(13)27(35)33-15-9-20(31)24(28(36)37)21(32)10-15/h1-3,9-10,12-14,16,22H,4-8,11H2,(H,33,35)(H,36,37). The van der Waals surface area contributed by atoms with Crippen molar-refractivity contribution >= 4 is 40.8 Å². The van der Waals surface area contributed by atoms with Gasteiger partial charge in [-0.05, 0) is 68.2 Å². The zero-order valence-electron chi connectivity index (χ0n) is 20.6. The lowest BCUT2D eigenvalue weighted by Crippen LogP contribution is -2.51. The quantitative estimate of drug-likeness (QED) is 0.297. The number of rotatable bonds is 8. The lowest BCUT2D eigenvalue weighted by Gasteiger charge is -2.51. The number of fused-ring (bicyclic) bond motifs is 2. The molecule has 204 valence electrons. The smallest absolute Gasteiger partial charge is 0.341 e. The van der Waals surface area contributed by atoms with E-state index in [1.165, 1.54) is 0 Å². The van der Waals surface area contributed by atoms with Gasteiger partial charge < -0.3 is 19.7 Å². The molecule has 2 N–H and O–H groups in total. The Bertz CT molecular complexity index is 1420. The highest BCUT2D eigenvalue weighted by atomic mass is 35.5. The summed E-state index contributed by atoms with van der Waals surface area (Å²) in [6.07, 6.45) is 4.19. The zero-order chi connectivity index (χ0) is 27.4. The predicted molar refractivity (Wildman–Crippen MR) is 139 cm³/mol. The minimum absolute atomic E-state index is 0.0703. The SMILES string of the molecule is O=C(O)c1c(F)cc(NC(=O)C2C3CC(OCc4c(-c5c(Cl)cccc5Cl)noc4C4CC4)CC2C3)cc1F. The van der Waals surface area contributed by atoms with Crippen molar-refractivity contribution in [3.63, 3.8) is 0 Å². The molecule has 0 saturated heterocycles. The van der Waals surface area contributed by atoms with Crippen LogP contribution in [-0.2, 0) is 16.1 Å². The van der Waals surface area contributed by atoms with E-state index in [4.69, 9.17) is 37.6 Å². The van der Waals surface area contributed by atoms with E-state index in [2.05, 4.69) is 10.5 Å². The third-order valence-corrected chi connectivity index (χ3v) is 8.64. The molecule has 4 aliphatic carbocycles. The zero-order valence-corrected chi connectivity index (χ0v) is 22.1. The maximum atomic E-state index is 14.0. The number of carbonyl (C=O) groups is 2. The highest BCUT2D eigenvalue weighted by Crippen LogP contribution is 2.52. The second-order valence-electron chi connectivity index (χ2n) is 10.5. The molecule has 1 aromatic heterocycles. The number of carboxylic acids is 1. The number of ether oxygens (including phenoxy) is 1. The number of benzene rings is 2. The van der Waals surface area contributed by atoms with E-state index in [1.54, 1.807) is 18.2 Å². The summed E-state index contributed by atoms with van der Waals surface area (Å²) in [5.74, 6) is -3.57. The number of nitrogens with one attached hydrogen (secondary N) is 1. The van der Waals surface area contributed by atoms with Gasteiger partial charge in [0.25, 0.3) is 0 Å². The first-order valence-electron chi connectivity index (χ1n) is 12.8. The van der Waals surface area contributed by atoms with Gasteiger partial charge in [0.05, 0.1) is 22.8 Å². The van der Waals surface area contributed by atoms with Gasteiger partial charge in [-0.2, -0.15) is 0 Å². The van der Waals surface area contributed by atoms with Gasteiger partial charge in [-0.15, -0.1) is 0 Å². The minimum atomic E-state index is -1.71.